The van der Waals surface area contributed by atoms with E-state index in [0.717, 1.165) is 63.2 Å². The second kappa shape index (κ2) is 12.5. The van der Waals surface area contributed by atoms with Gasteiger partial charge in [-0.1, -0.05) is 32.4 Å². The molecule has 0 saturated carbocycles. The Kier molecular flexibility index (Phi) is 9.33. The van der Waals surface area contributed by atoms with E-state index >= 15 is 0 Å². The van der Waals surface area contributed by atoms with Gasteiger partial charge in [-0.2, -0.15) is 0 Å². The molecule has 0 bridgehead atoms. The minimum atomic E-state index is -3.52. The molecule has 1 N–H and O–H groups in total. The van der Waals surface area contributed by atoms with Crippen LogP contribution in [0.15, 0.2) is 35.2 Å². The van der Waals surface area contributed by atoms with Crippen molar-refractivity contribution < 1.29 is 17.9 Å². The van der Waals surface area contributed by atoms with Crippen LogP contribution in [0.2, 0.25) is 0 Å². The average Bonchev–Trinajstić information content (AvgIpc) is 2.92. The summed E-state index contributed by atoms with van der Waals surface area (Å²) < 4.78 is 33.3. The van der Waals surface area contributed by atoms with Gasteiger partial charge in [0, 0.05) is 62.6 Å². The Bertz CT molecular complexity index is 1220. The monoisotopic (exact) mass is 542 g/mol. The molecule has 8 nitrogen and oxygen atoms in total. The van der Waals surface area contributed by atoms with Crippen LogP contribution in [0.3, 0.4) is 0 Å². The van der Waals surface area contributed by atoms with Crippen LogP contribution in [-0.2, 0) is 40.6 Å². The van der Waals surface area contributed by atoms with E-state index < -0.39 is 10.0 Å². The summed E-state index contributed by atoms with van der Waals surface area (Å²) in [5.74, 6) is 1.04. The molecule has 0 unspecified atom stereocenters. The zero-order chi connectivity index (χ0) is 27.3. The molecule has 0 aromatic heterocycles. The molecule has 4 rings (SSSR count). The van der Waals surface area contributed by atoms with Crippen LogP contribution in [0.4, 0.5) is 5.69 Å². The first-order chi connectivity index (χ1) is 18.3. The maximum absolute atomic E-state index is 13.4. The van der Waals surface area contributed by atoms with Crippen molar-refractivity contribution >= 4 is 21.6 Å². The zero-order valence-electron chi connectivity index (χ0n) is 23.3. The van der Waals surface area contributed by atoms with Gasteiger partial charge in [0.25, 0.3) is 0 Å². The number of hydrogen-bond acceptors (Lipinski definition) is 6. The Hall–Kier alpha value is -2.62. The summed E-state index contributed by atoms with van der Waals surface area (Å²) in [7, 11) is 0.394. The molecule has 38 heavy (non-hydrogen) atoms. The van der Waals surface area contributed by atoms with Crippen molar-refractivity contribution in [1.29, 1.82) is 0 Å². The number of fused-ring (bicyclic) bond motifs is 1. The second-order valence-corrected chi connectivity index (χ2v) is 12.1. The number of nitrogens with zero attached hydrogens (tertiary/aromatic N) is 3. The molecule has 2 aliphatic heterocycles. The van der Waals surface area contributed by atoms with E-state index in [1.807, 2.05) is 11.8 Å². The predicted molar refractivity (Wildman–Crippen MR) is 151 cm³/mol. The molecular formula is C29H42N4O4S. The van der Waals surface area contributed by atoms with Gasteiger partial charge >= 0.3 is 0 Å². The summed E-state index contributed by atoms with van der Waals surface area (Å²) in [6.07, 6.45) is 3.76. The Morgan fingerprint density at radius 1 is 1.00 bits per heavy atom. The quantitative estimate of drug-likeness (QED) is 0.497. The van der Waals surface area contributed by atoms with Crippen LogP contribution in [0.25, 0.3) is 0 Å². The highest BCUT2D eigenvalue weighted by atomic mass is 32.2. The second-order valence-electron chi connectivity index (χ2n) is 10.4. The van der Waals surface area contributed by atoms with Crippen molar-refractivity contribution in [2.24, 2.45) is 0 Å². The number of nitrogens with one attached hydrogen (secondary N) is 1. The Morgan fingerprint density at radius 2 is 1.71 bits per heavy atom. The lowest BCUT2D eigenvalue weighted by Crippen LogP contribution is -2.45. The van der Waals surface area contributed by atoms with Gasteiger partial charge in [-0.15, -0.1) is 0 Å². The van der Waals surface area contributed by atoms with Gasteiger partial charge < -0.3 is 19.4 Å². The standard InChI is InChI=1S/C29H42N4O4S/c1-5-7-23-20-27(32-17-15-31(3)16-18-32)26-21-33(14-12-25(26)29(23)37-4)28(34)19-22-8-10-24(11-9-22)38(35,36)30-13-6-2/h8-11,20,30H,5-7,12-19,21H2,1-4H3. The lowest BCUT2D eigenvalue weighted by molar-refractivity contribution is -0.131. The molecule has 2 heterocycles. The number of likely N-dealkylation sites (N-methyl/N-ethyl adjacent to an activating group) is 1. The topological polar surface area (TPSA) is 82.2 Å². The van der Waals surface area contributed by atoms with Gasteiger partial charge in [-0.25, -0.2) is 13.1 Å². The molecule has 1 fully saturated rings. The molecule has 2 aromatic carbocycles. The number of piperazine rings is 1. The number of methoxy groups -OCH3 is 1. The van der Waals surface area contributed by atoms with Crippen molar-refractivity contribution in [2.75, 3.05) is 58.3 Å². The molecule has 0 spiro atoms. The Labute approximate surface area is 228 Å². The number of aryl methyl sites for hydroxylation is 1. The Morgan fingerprint density at radius 3 is 2.34 bits per heavy atom. The van der Waals surface area contributed by atoms with Crippen LogP contribution in [0, 0.1) is 0 Å². The maximum atomic E-state index is 13.4. The lowest BCUT2D eigenvalue weighted by Gasteiger charge is -2.39. The summed E-state index contributed by atoms with van der Waals surface area (Å²) in [5.41, 5.74) is 5.75. The van der Waals surface area contributed by atoms with E-state index in [4.69, 9.17) is 4.74 Å². The fraction of sp³-hybridized carbons (Fsp3) is 0.552. The highest BCUT2D eigenvalue weighted by molar-refractivity contribution is 7.89. The van der Waals surface area contributed by atoms with E-state index in [2.05, 4.69) is 34.6 Å². The summed E-state index contributed by atoms with van der Waals surface area (Å²) in [6, 6.07) is 8.94. The van der Waals surface area contributed by atoms with E-state index in [1.54, 1.807) is 31.4 Å². The van der Waals surface area contributed by atoms with Crippen molar-refractivity contribution in [3.63, 3.8) is 0 Å². The van der Waals surface area contributed by atoms with Gasteiger partial charge in [-0.3, -0.25) is 4.79 Å². The molecule has 1 amide bonds. The maximum Gasteiger partial charge on any atom is 0.240 e. The summed E-state index contributed by atoms with van der Waals surface area (Å²) in [4.78, 5) is 20.4. The third-order valence-electron chi connectivity index (χ3n) is 7.58. The van der Waals surface area contributed by atoms with Gasteiger partial charge in [0.15, 0.2) is 0 Å². The predicted octanol–water partition coefficient (Wildman–Crippen LogP) is 3.22. The lowest BCUT2D eigenvalue weighted by atomic mass is 9.91. The summed E-state index contributed by atoms with van der Waals surface area (Å²) in [6.45, 7) is 9.70. The third kappa shape index (κ3) is 6.33. The molecule has 0 atom stereocenters. The molecule has 2 aromatic rings. The Balaban J connectivity index is 1.55. The molecule has 208 valence electrons. The van der Waals surface area contributed by atoms with Crippen LogP contribution < -0.4 is 14.4 Å². The normalized spacial score (nSPS) is 16.4. The molecule has 0 aliphatic carbocycles. The van der Waals surface area contributed by atoms with Crippen molar-refractivity contribution in [3.05, 3.63) is 52.6 Å². The van der Waals surface area contributed by atoms with E-state index in [0.29, 0.717) is 19.6 Å². The number of hydrogen-bond donors (Lipinski definition) is 1. The first-order valence-corrected chi connectivity index (χ1v) is 15.3. The van der Waals surface area contributed by atoms with Gasteiger partial charge in [0.1, 0.15) is 5.75 Å². The van der Waals surface area contributed by atoms with E-state index in [9.17, 15) is 13.2 Å². The van der Waals surface area contributed by atoms with Gasteiger partial charge in [-0.05, 0) is 55.6 Å². The summed E-state index contributed by atoms with van der Waals surface area (Å²) >= 11 is 0. The van der Waals surface area contributed by atoms with E-state index in [1.165, 1.54) is 22.4 Å². The van der Waals surface area contributed by atoms with Crippen LogP contribution in [0.1, 0.15) is 48.9 Å². The molecule has 0 radical (unpaired) electrons. The number of ether oxygens (including phenoxy) is 1. The number of carbonyl (C=O) groups is 1. The number of carbonyl (C=O) groups excluding carboxylic acids is 1. The van der Waals surface area contributed by atoms with Gasteiger partial charge in [0.05, 0.1) is 18.4 Å². The highest BCUT2D eigenvalue weighted by Gasteiger charge is 2.30. The van der Waals surface area contributed by atoms with Crippen LogP contribution >= 0.6 is 0 Å². The number of amides is 1. The smallest absolute Gasteiger partial charge is 0.240 e. The van der Waals surface area contributed by atoms with Crippen molar-refractivity contribution in [2.45, 2.75) is 57.4 Å². The average molecular weight is 543 g/mol. The van der Waals surface area contributed by atoms with Crippen LogP contribution in [0.5, 0.6) is 5.75 Å². The molecular weight excluding hydrogens is 500 g/mol. The largest absolute Gasteiger partial charge is 0.496 e. The molecule has 9 heteroatoms. The number of rotatable bonds is 10. The first-order valence-electron chi connectivity index (χ1n) is 13.8. The zero-order valence-corrected chi connectivity index (χ0v) is 24.1. The minimum absolute atomic E-state index is 0.0521. The van der Waals surface area contributed by atoms with Crippen LogP contribution in [-0.4, -0.2) is 77.6 Å². The van der Waals surface area contributed by atoms with Crippen molar-refractivity contribution in [3.8, 4) is 5.75 Å². The third-order valence-corrected chi connectivity index (χ3v) is 9.06. The SMILES string of the molecule is CCCNS(=O)(=O)c1ccc(CC(=O)N2CCc3c(c(N4CCN(C)CC4)cc(CCC)c3OC)C2)cc1. The molecule has 2 aliphatic rings. The first kappa shape index (κ1) is 28.4. The fourth-order valence-corrected chi connectivity index (χ4v) is 6.54. The van der Waals surface area contributed by atoms with Gasteiger partial charge in [0.2, 0.25) is 15.9 Å². The highest BCUT2D eigenvalue weighted by Crippen LogP contribution is 2.39. The fourth-order valence-electron chi connectivity index (χ4n) is 5.41. The van der Waals surface area contributed by atoms with Crippen molar-refractivity contribution in [1.82, 2.24) is 14.5 Å². The number of benzene rings is 2. The minimum Gasteiger partial charge on any atom is -0.496 e. The molecule has 1 saturated heterocycles. The summed E-state index contributed by atoms with van der Waals surface area (Å²) in [5, 5.41) is 0. The van der Waals surface area contributed by atoms with E-state index in [-0.39, 0.29) is 17.2 Å². The number of sulfonamides is 1. The number of anilines is 1.